The van der Waals surface area contributed by atoms with Gasteiger partial charge in [-0.15, -0.1) is 0 Å². The van der Waals surface area contributed by atoms with Gasteiger partial charge < -0.3 is 45.7 Å². The number of amides is 6. The summed E-state index contributed by atoms with van der Waals surface area (Å²) in [4.78, 5) is 96.5. The van der Waals surface area contributed by atoms with Crippen LogP contribution in [0.15, 0.2) is 30.3 Å². The Morgan fingerprint density at radius 2 is 0.798 bits per heavy atom. The van der Waals surface area contributed by atoms with Gasteiger partial charge in [0, 0.05) is 39.5 Å². The molecule has 3 atom stereocenters. The molecule has 0 aromatic heterocycles. The Morgan fingerprint density at radius 1 is 0.440 bits per heavy atom. The van der Waals surface area contributed by atoms with Gasteiger partial charge in [-0.1, -0.05) is 211 Å². The van der Waals surface area contributed by atoms with Gasteiger partial charge in [0.05, 0.1) is 0 Å². The number of rotatable bonds is 51. The largest absolute Gasteiger partial charge is 0.461 e. The number of esters is 1. The maximum Gasteiger partial charge on any atom is 0.407 e. The summed E-state index contributed by atoms with van der Waals surface area (Å²) in [6.07, 6.45) is 35.0. The van der Waals surface area contributed by atoms with E-state index in [1.165, 1.54) is 135 Å². The van der Waals surface area contributed by atoms with E-state index in [1.54, 1.807) is 41.5 Å². The molecule has 16 heteroatoms. The van der Waals surface area contributed by atoms with Gasteiger partial charge in [0.2, 0.25) is 23.6 Å². The third kappa shape index (κ3) is 45.5. The molecule has 3 unspecified atom stereocenters. The van der Waals surface area contributed by atoms with E-state index in [2.05, 4.69) is 40.4 Å². The molecule has 6 amide bonds. The van der Waals surface area contributed by atoms with Crippen molar-refractivity contribution in [1.82, 2.24) is 31.5 Å². The Balaban J connectivity index is 3.36. The monoisotopic (exact) mass is 1180 g/mol. The van der Waals surface area contributed by atoms with Crippen LogP contribution >= 0.6 is 0 Å². The van der Waals surface area contributed by atoms with E-state index in [1.807, 2.05) is 35.2 Å². The van der Waals surface area contributed by atoms with Crippen molar-refractivity contribution in [3.8, 4) is 0 Å². The number of alkyl carbamates (subject to hydrolysis) is 2. The molecule has 0 aliphatic carbocycles. The average molecular weight is 1180 g/mol. The number of benzene rings is 1. The molecule has 1 aromatic carbocycles. The van der Waals surface area contributed by atoms with Crippen LogP contribution in [0.3, 0.4) is 0 Å². The normalized spacial score (nSPS) is 12.6. The van der Waals surface area contributed by atoms with E-state index in [0.29, 0.717) is 38.8 Å². The van der Waals surface area contributed by atoms with Crippen molar-refractivity contribution in [1.29, 1.82) is 0 Å². The fourth-order valence-electron chi connectivity index (χ4n) is 10.2. The molecule has 5 N–H and O–H groups in total. The second-order valence-corrected chi connectivity index (χ2v) is 25.4. The molecule has 0 heterocycles. The van der Waals surface area contributed by atoms with Crippen molar-refractivity contribution in [2.45, 2.75) is 329 Å². The van der Waals surface area contributed by atoms with Crippen LogP contribution in [0, 0.1) is 0 Å². The summed E-state index contributed by atoms with van der Waals surface area (Å²) in [7, 11) is 0. The van der Waals surface area contributed by atoms with Crippen LogP contribution in [0.25, 0.3) is 0 Å². The van der Waals surface area contributed by atoms with E-state index in [9.17, 15) is 28.8 Å². The number of carbonyl (C=O) groups is 7. The first-order valence-corrected chi connectivity index (χ1v) is 33.5. The molecule has 0 saturated heterocycles. The molecule has 484 valence electrons. The van der Waals surface area contributed by atoms with Crippen molar-refractivity contribution >= 4 is 41.8 Å². The van der Waals surface area contributed by atoms with Crippen molar-refractivity contribution in [2.75, 3.05) is 26.2 Å². The van der Waals surface area contributed by atoms with Crippen LogP contribution < -0.4 is 26.6 Å². The number of unbranched alkanes of at least 4 members (excludes halogenated alkanes) is 28. The van der Waals surface area contributed by atoms with Gasteiger partial charge in [-0.2, -0.15) is 0 Å². The van der Waals surface area contributed by atoms with E-state index < -0.39 is 65.2 Å². The molecule has 0 fully saturated rings. The van der Waals surface area contributed by atoms with Gasteiger partial charge in [-0.05, 0) is 105 Å². The second-order valence-electron chi connectivity index (χ2n) is 25.4. The summed E-state index contributed by atoms with van der Waals surface area (Å²) in [5.41, 5.74) is -0.514. The third-order valence-electron chi connectivity index (χ3n) is 14.9. The van der Waals surface area contributed by atoms with Crippen molar-refractivity contribution in [3.05, 3.63) is 35.9 Å². The van der Waals surface area contributed by atoms with Crippen LogP contribution in [0.1, 0.15) is 299 Å². The summed E-state index contributed by atoms with van der Waals surface area (Å²) in [6, 6.07) is 6.12. The number of ether oxygens (including phenoxy) is 3. The Bertz CT molecular complexity index is 1860. The van der Waals surface area contributed by atoms with E-state index in [0.717, 1.165) is 56.9 Å². The van der Waals surface area contributed by atoms with E-state index in [4.69, 9.17) is 14.2 Å². The van der Waals surface area contributed by atoms with Crippen LogP contribution in [-0.4, -0.2) is 102 Å². The van der Waals surface area contributed by atoms with Crippen molar-refractivity contribution in [2.24, 2.45) is 0 Å². The minimum Gasteiger partial charge on any atom is -0.461 e. The highest BCUT2D eigenvalue weighted by atomic mass is 16.6. The fourth-order valence-corrected chi connectivity index (χ4v) is 10.2. The molecule has 16 nitrogen and oxygen atoms in total. The highest BCUT2D eigenvalue weighted by Gasteiger charge is 2.32. The van der Waals surface area contributed by atoms with Crippen LogP contribution in [-0.2, 0) is 44.8 Å². The zero-order chi connectivity index (χ0) is 62.1. The Hall–Kier alpha value is -4.89. The van der Waals surface area contributed by atoms with Gasteiger partial charge in [-0.3, -0.25) is 24.0 Å². The first-order chi connectivity index (χ1) is 40.2. The molecule has 0 aliphatic rings. The molecular weight excluding hydrogens is 1060 g/mol. The molecule has 0 bridgehead atoms. The zero-order valence-electron chi connectivity index (χ0n) is 54.6. The fraction of sp³-hybridized carbons (Fsp3) is 0.809. The maximum atomic E-state index is 15.1. The van der Waals surface area contributed by atoms with E-state index in [-0.39, 0.29) is 51.3 Å². The summed E-state index contributed by atoms with van der Waals surface area (Å²) in [6.45, 7) is 18.2. The van der Waals surface area contributed by atoms with Crippen LogP contribution in [0.2, 0.25) is 0 Å². The average Bonchev–Trinajstić information content (AvgIpc) is 3.56. The number of hydrogen-bond donors (Lipinski definition) is 5. The number of hydrogen-bond acceptors (Lipinski definition) is 10. The van der Waals surface area contributed by atoms with Crippen LogP contribution in [0.5, 0.6) is 0 Å². The molecule has 1 aromatic rings. The third-order valence-corrected chi connectivity index (χ3v) is 14.9. The quantitative estimate of drug-likeness (QED) is 0.0237. The lowest BCUT2D eigenvalue weighted by Gasteiger charge is -2.30. The zero-order valence-corrected chi connectivity index (χ0v) is 54.6. The van der Waals surface area contributed by atoms with Crippen LogP contribution in [0.4, 0.5) is 9.59 Å². The molecule has 0 saturated carbocycles. The highest BCUT2D eigenvalue weighted by molar-refractivity contribution is 5.94. The number of nitrogens with zero attached hydrogens (tertiary/aromatic N) is 1. The van der Waals surface area contributed by atoms with Crippen molar-refractivity contribution < 1.29 is 47.8 Å². The molecule has 84 heavy (non-hydrogen) atoms. The lowest BCUT2D eigenvalue weighted by molar-refractivity contribution is -0.146. The Morgan fingerprint density at radius 3 is 1.17 bits per heavy atom. The first kappa shape index (κ1) is 77.1. The lowest BCUT2D eigenvalue weighted by Crippen LogP contribution is -2.57. The van der Waals surface area contributed by atoms with Crippen molar-refractivity contribution in [3.63, 3.8) is 0 Å². The smallest absolute Gasteiger partial charge is 0.407 e. The Kier molecular flexibility index (Phi) is 45.2. The van der Waals surface area contributed by atoms with Gasteiger partial charge >= 0.3 is 18.2 Å². The van der Waals surface area contributed by atoms with E-state index >= 15 is 4.79 Å². The topological polar surface area (TPSA) is 211 Å². The molecule has 0 spiro atoms. The highest BCUT2D eigenvalue weighted by Crippen LogP contribution is 2.18. The SMILES string of the molecule is CCCCCCCCCCCCCCCCN(CCCCCCCCCCCCCCCC)C(=O)C(CCC(=O)OCc1ccccc1)NC(=O)C(CCCCNC(=O)OC(C)(C)C)NC(=O)C(CCCCNC(=O)OC(C)(C)C)NC(C)=O. The summed E-state index contributed by atoms with van der Waals surface area (Å²) in [5, 5.41) is 14.1. The van der Waals surface area contributed by atoms with Gasteiger partial charge in [0.1, 0.15) is 35.9 Å². The Labute approximate surface area is 510 Å². The predicted octanol–water partition coefficient (Wildman–Crippen LogP) is 15.2. The molecule has 0 radical (unpaired) electrons. The number of nitrogens with one attached hydrogen (secondary N) is 5. The standard InChI is InChI=1S/C68H122N6O10/c1-10-12-14-16-18-20-22-24-26-28-30-32-34-43-53-74(54-44-35-33-31-29-27-25-23-21-19-17-15-13-11-2)64(79)60(49-50-61(76)82-55-57-45-37-36-38-46-57)73-63(78)59(48-40-42-52-70-66(81)84-68(7,8)9)72-62(77)58(71-56(3)75)47-39-41-51-69-65(80)83-67(4,5)6/h36-38,45-46,58-60H,10-35,39-44,47-55H2,1-9H3,(H,69,80)(H,70,81)(H,71,75)(H,72,77)(H,73,78). The molecule has 0 aliphatic heterocycles. The molecular formula is C68H122N6O10. The predicted molar refractivity (Wildman–Crippen MR) is 340 cm³/mol. The first-order valence-electron chi connectivity index (χ1n) is 33.5. The minimum absolute atomic E-state index is 0.0154. The number of carbonyl (C=O) groups excluding carboxylic acids is 7. The molecule has 1 rings (SSSR count). The minimum atomic E-state index is -1.14. The summed E-state index contributed by atoms with van der Waals surface area (Å²) in [5.74, 6) is -2.39. The van der Waals surface area contributed by atoms with Gasteiger partial charge in [0.15, 0.2) is 0 Å². The maximum absolute atomic E-state index is 15.1. The second kappa shape index (κ2) is 49.2. The lowest BCUT2D eigenvalue weighted by atomic mass is 10.0. The van der Waals surface area contributed by atoms with Gasteiger partial charge in [-0.25, -0.2) is 9.59 Å². The summed E-state index contributed by atoms with van der Waals surface area (Å²) < 4.78 is 16.4. The summed E-state index contributed by atoms with van der Waals surface area (Å²) >= 11 is 0. The van der Waals surface area contributed by atoms with Gasteiger partial charge in [0.25, 0.3) is 0 Å².